The summed E-state index contributed by atoms with van der Waals surface area (Å²) in [6, 6.07) is 0.447. The molecule has 1 saturated carbocycles. The molecule has 0 saturated heterocycles. The van der Waals surface area contributed by atoms with Crippen LogP contribution in [0.5, 0.6) is 0 Å². The van der Waals surface area contributed by atoms with E-state index >= 15 is 0 Å². The highest BCUT2D eigenvalue weighted by atomic mass is 79.9. The maximum absolute atomic E-state index is 5.86. The van der Waals surface area contributed by atoms with E-state index in [1.807, 2.05) is 0 Å². The van der Waals surface area contributed by atoms with Gasteiger partial charge in [-0.15, -0.1) is 0 Å². The van der Waals surface area contributed by atoms with Crippen LogP contribution in [0.25, 0.3) is 0 Å². The van der Waals surface area contributed by atoms with Crippen LogP contribution in [-0.4, -0.2) is 10.9 Å². The van der Waals surface area contributed by atoms with Crippen LogP contribution < -0.4 is 5.73 Å². The van der Waals surface area contributed by atoms with Crippen molar-refractivity contribution in [2.75, 3.05) is 0 Å². The summed E-state index contributed by atoms with van der Waals surface area (Å²) in [4.78, 5) is 0.682. The third kappa shape index (κ3) is 2.24. The highest BCUT2D eigenvalue weighted by molar-refractivity contribution is 9.09. The maximum Gasteiger partial charge on any atom is 0.0163 e. The molecule has 0 aliphatic heterocycles. The SMILES string of the molecule is CCC1CC(N)CC(Br)C1. The summed E-state index contributed by atoms with van der Waals surface area (Å²) < 4.78 is 0. The third-order valence-corrected chi connectivity index (χ3v) is 3.11. The minimum Gasteiger partial charge on any atom is -0.328 e. The standard InChI is InChI=1S/C8H16BrN/c1-2-6-3-7(9)5-8(10)4-6/h6-8H,2-5,10H2,1H3. The normalized spacial score (nSPS) is 41.7. The average molecular weight is 206 g/mol. The van der Waals surface area contributed by atoms with E-state index in [0.717, 1.165) is 12.3 Å². The summed E-state index contributed by atoms with van der Waals surface area (Å²) in [5.74, 6) is 0.869. The van der Waals surface area contributed by atoms with Crippen molar-refractivity contribution in [3.63, 3.8) is 0 Å². The Morgan fingerprint density at radius 2 is 2.10 bits per heavy atom. The first-order chi connectivity index (χ1) is 4.72. The first-order valence-corrected chi connectivity index (χ1v) is 5.03. The van der Waals surface area contributed by atoms with E-state index in [9.17, 15) is 0 Å². The number of hydrogen-bond acceptors (Lipinski definition) is 1. The lowest BCUT2D eigenvalue weighted by Gasteiger charge is -2.29. The monoisotopic (exact) mass is 205 g/mol. The molecule has 0 radical (unpaired) electrons. The highest BCUT2D eigenvalue weighted by Gasteiger charge is 2.23. The Hall–Kier alpha value is 0.440. The van der Waals surface area contributed by atoms with Gasteiger partial charge in [0.1, 0.15) is 0 Å². The fraction of sp³-hybridized carbons (Fsp3) is 1.00. The smallest absolute Gasteiger partial charge is 0.0163 e. The van der Waals surface area contributed by atoms with Gasteiger partial charge >= 0.3 is 0 Å². The zero-order chi connectivity index (χ0) is 7.56. The van der Waals surface area contributed by atoms with Gasteiger partial charge in [-0.1, -0.05) is 29.3 Å². The minimum absolute atomic E-state index is 0.447. The van der Waals surface area contributed by atoms with Crippen LogP contribution in [-0.2, 0) is 0 Å². The predicted octanol–water partition coefficient (Wildman–Crippen LogP) is 2.29. The lowest BCUT2D eigenvalue weighted by Crippen LogP contribution is -2.32. The van der Waals surface area contributed by atoms with Crippen LogP contribution in [0.3, 0.4) is 0 Å². The molecule has 1 rings (SSSR count). The summed E-state index contributed by atoms with van der Waals surface area (Å²) in [5.41, 5.74) is 5.86. The minimum atomic E-state index is 0.447. The Balaban J connectivity index is 2.35. The molecule has 60 valence electrons. The zero-order valence-corrected chi connectivity index (χ0v) is 8.10. The van der Waals surface area contributed by atoms with Crippen molar-refractivity contribution in [1.82, 2.24) is 0 Å². The molecule has 0 bridgehead atoms. The summed E-state index contributed by atoms with van der Waals surface area (Å²) in [5, 5.41) is 0. The molecule has 3 unspecified atom stereocenters. The van der Waals surface area contributed by atoms with Crippen molar-refractivity contribution in [2.24, 2.45) is 11.7 Å². The number of nitrogens with two attached hydrogens (primary N) is 1. The second kappa shape index (κ2) is 3.72. The number of hydrogen-bond donors (Lipinski definition) is 1. The van der Waals surface area contributed by atoms with E-state index in [0.29, 0.717) is 10.9 Å². The van der Waals surface area contributed by atoms with Crippen molar-refractivity contribution < 1.29 is 0 Å². The largest absolute Gasteiger partial charge is 0.328 e. The lowest BCUT2D eigenvalue weighted by molar-refractivity contribution is 0.325. The maximum atomic E-state index is 5.86. The molecule has 0 aromatic heterocycles. The molecule has 2 heteroatoms. The molecule has 0 heterocycles. The van der Waals surface area contributed by atoms with Gasteiger partial charge in [0.15, 0.2) is 0 Å². The van der Waals surface area contributed by atoms with Gasteiger partial charge in [0.2, 0.25) is 0 Å². The van der Waals surface area contributed by atoms with E-state index < -0.39 is 0 Å². The van der Waals surface area contributed by atoms with Gasteiger partial charge < -0.3 is 5.73 Å². The molecule has 0 aromatic carbocycles. The summed E-state index contributed by atoms with van der Waals surface area (Å²) in [6.07, 6.45) is 5.01. The quantitative estimate of drug-likeness (QED) is 0.654. The Labute approximate surface area is 71.5 Å². The highest BCUT2D eigenvalue weighted by Crippen LogP contribution is 2.29. The number of rotatable bonds is 1. The van der Waals surface area contributed by atoms with E-state index in [4.69, 9.17) is 5.73 Å². The van der Waals surface area contributed by atoms with Gasteiger partial charge in [0.05, 0.1) is 0 Å². The third-order valence-electron chi connectivity index (χ3n) is 2.36. The van der Waals surface area contributed by atoms with E-state index in [2.05, 4.69) is 22.9 Å². The van der Waals surface area contributed by atoms with E-state index in [-0.39, 0.29) is 0 Å². The first-order valence-electron chi connectivity index (χ1n) is 4.12. The molecule has 0 spiro atoms. The molecule has 3 atom stereocenters. The van der Waals surface area contributed by atoms with Crippen LogP contribution in [0.15, 0.2) is 0 Å². The van der Waals surface area contributed by atoms with Gasteiger partial charge in [-0.2, -0.15) is 0 Å². The molecule has 0 amide bonds. The fourth-order valence-electron chi connectivity index (χ4n) is 1.74. The lowest BCUT2D eigenvalue weighted by atomic mass is 9.85. The Morgan fingerprint density at radius 3 is 2.60 bits per heavy atom. The van der Waals surface area contributed by atoms with Crippen molar-refractivity contribution in [1.29, 1.82) is 0 Å². The van der Waals surface area contributed by atoms with Gasteiger partial charge in [-0.25, -0.2) is 0 Å². The molecular formula is C8H16BrN. The van der Waals surface area contributed by atoms with Crippen molar-refractivity contribution in [3.8, 4) is 0 Å². The average Bonchev–Trinajstić information content (AvgIpc) is 1.85. The Kier molecular flexibility index (Phi) is 3.18. The molecule has 1 aliphatic carbocycles. The molecule has 0 aromatic rings. The molecular weight excluding hydrogens is 190 g/mol. The second-order valence-corrected chi connectivity index (χ2v) is 4.63. The van der Waals surface area contributed by atoms with Gasteiger partial charge in [0.25, 0.3) is 0 Å². The Bertz CT molecular complexity index is 95.4. The van der Waals surface area contributed by atoms with E-state index in [1.54, 1.807) is 0 Å². The molecule has 2 N–H and O–H groups in total. The zero-order valence-electron chi connectivity index (χ0n) is 6.52. The van der Waals surface area contributed by atoms with Gasteiger partial charge in [-0.05, 0) is 25.2 Å². The summed E-state index contributed by atoms with van der Waals surface area (Å²) >= 11 is 3.63. The molecule has 1 fully saturated rings. The molecule has 1 nitrogen and oxygen atoms in total. The number of halogens is 1. The van der Waals surface area contributed by atoms with Crippen molar-refractivity contribution >= 4 is 15.9 Å². The summed E-state index contributed by atoms with van der Waals surface area (Å²) in [7, 11) is 0. The van der Waals surface area contributed by atoms with Crippen LogP contribution in [0.4, 0.5) is 0 Å². The first kappa shape index (κ1) is 8.54. The van der Waals surface area contributed by atoms with E-state index in [1.165, 1.54) is 19.3 Å². The predicted molar refractivity (Wildman–Crippen MR) is 48.3 cm³/mol. The topological polar surface area (TPSA) is 26.0 Å². The van der Waals surface area contributed by atoms with Gasteiger partial charge in [0, 0.05) is 10.9 Å². The molecule has 10 heavy (non-hydrogen) atoms. The van der Waals surface area contributed by atoms with Crippen LogP contribution in [0.2, 0.25) is 0 Å². The second-order valence-electron chi connectivity index (χ2n) is 3.34. The van der Waals surface area contributed by atoms with Crippen LogP contribution in [0, 0.1) is 5.92 Å². The van der Waals surface area contributed by atoms with Gasteiger partial charge in [-0.3, -0.25) is 0 Å². The van der Waals surface area contributed by atoms with Crippen molar-refractivity contribution in [3.05, 3.63) is 0 Å². The number of alkyl halides is 1. The molecule has 1 aliphatic rings. The summed E-state index contributed by atoms with van der Waals surface area (Å²) in [6.45, 7) is 2.25. The van der Waals surface area contributed by atoms with Crippen LogP contribution in [0.1, 0.15) is 32.6 Å². The fourth-order valence-corrected chi connectivity index (χ4v) is 2.75. The Morgan fingerprint density at radius 1 is 1.40 bits per heavy atom. The van der Waals surface area contributed by atoms with Crippen LogP contribution >= 0.6 is 15.9 Å². The van der Waals surface area contributed by atoms with Crippen molar-refractivity contribution in [2.45, 2.75) is 43.5 Å².